The largest absolute Gasteiger partial charge is 0.388 e. The third-order valence-corrected chi connectivity index (χ3v) is 3.22. The zero-order chi connectivity index (χ0) is 14.4. The van der Waals surface area contributed by atoms with E-state index in [0.29, 0.717) is 6.42 Å². The monoisotopic (exact) mass is 295 g/mol. The summed E-state index contributed by atoms with van der Waals surface area (Å²) in [6, 6.07) is 3.24. The second kappa shape index (κ2) is 6.83. The van der Waals surface area contributed by atoms with Gasteiger partial charge in [0.1, 0.15) is 6.26 Å². The molecule has 20 heavy (non-hydrogen) atoms. The van der Waals surface area contributed by atoms with Crippen LogP contribution in [0.1, 0.15) is 18.1 Å². The van der Waals surface area contributed by atoms with E-state index >= 15 is 0 Å². The van der Waals surface area contributed by atoms with E-state index in [4.69, 9.17) is 0 Å². The number of amides is 2. The summed E-state index contributed by atoms with van der Waals surface area (Å²) in [7, 11) is 0. The average Bonchev–Trinajstić information content (AvgIpc) is 3.11. The van der Waals surface area contributed by atoms with E-state index < -0.39 is 17.9 Å². The lowest BCUT2D eigenvalue weighted by atomic mass is 10.1. The maximum absolute atomic E-state index is 11.5. The van der Waals surface area contributed by atoms with Crippen LogP contribution in [0.4, 0.5) is 5.82 Å². The summed E-state index contributed by atoms with van der Waals surface area (Å²) < 4.78 is 4.52. The van der Waals surface area contributed by atoms with Crippen molar-refractivity contribution in [3.63, 3.8) is 0 Å². The van der Waals surface area contributed by atoms with Crippen molar-refractivity contribution in [3.8, 4) is 0 Å². The van der Waals surface area contributed by atoms with Gasteiger partial charge in [-0.2, -0.15) is 11.3 Å². The van der Waals surface area contributed by atoms with Crippen molar-refractivity contribution in [2.45, 2.75) is 12.5 Å². The molecule has 1 atom stereocenters. The van der Waals surface area contributed by atoms with Crippen molar-refractivity contribution in [2.24, 2.45) is 0 Å². The van der Waals surface area contributed by atoms with E-state index in [2.05, 4.69) is 20.3 Å². The van der Waals surface area contributed by atoms with Gasteiger partial charge in [-0.15, -0.1) is 0 Å². The molecule has 2 heterocycles. The number of aliphatic hydroxyl groups excluding tert-OH is 1. The zero-order valence-electron chi connectivity index (χ0n) is 10.4. The Labute approximate surface area is 118 Å². The number of carbonyl (C=O) groups is 2. The number of carbonyl (C=O) groups excluding carboxylic acids is 2. The van der Waals surface area contributed by atoms with Gasteiger partial charge < -0.3 is 14.9 Å². The van der Waals surface area contributed by atoms with Crippen LogP contribution in [-0.4, -0.2) is 28.6 Å². The zero-order valence-corrected chi connectivity index (χ0v) is 11.2. The fourth-order valence-electron chi connectivity index (χ4n) is 1.48. The maximum atomic E-state index is 11.5. The van der Waals surface area contributed by atoms with Crippen molar-refractivity contribution in [1.29, 1.82) is 0 Å². The first-order valence-electron chi connectivity index (χ1n) is 5.86. The van der Waals surface area contributed by atoms with Crippen molar-refractivity contribution >= 4 is 29.0 Å². The lowest BCUT2D eigenvalue weighted by Gasteiger charge is -2.09. The SMILES string of the molecule is O=C(NCC[C@H](O)c1ccsc1)C(=O)Nc1ccon1. The first-order chi connectivity index (χ1) is 9.66. The number of aliphatic hydroxyl groups is 1. The van der Waals surface area contributed by atoms with Gasteiger partial charge in [-0.3, -0.25) is 14.9 Å². The molecular formula is C12H13N3O4S. The molecule has 0 fully saturated rings. The van der Waals surface area contributed by atoms with Crippen molar-refractivity contribution in [2.75, 3.05) is 11.9 Å². The number of hydrogen-bond donors (Lipinski definition) is 3. The van der Waals surface area contributed by atoms with Crippen LogP contribution < -0.4 is 10.6 Å². The highest BCUT2D eigenvalue weighted by molar-refractivity contribution is 7.07. The Balaban J connectivity index is 1.71. The van der Waals surface area contributed by atoms with Gasteiger partial charge in [0.15, 0.2) is 5.82 Å². The number of nitrogens with one attached hydrogen (secondary N) is 2. The van der Waals surface area contributed by atoms with E-state index in [1.54, 1.807) is 0 Å². The predicted molar refractivity (Wildman–Crippen MR) is 72.0 cm³/mol. The molecule has 2 rings (SSSR count). The lowest BCUT2D eigenvalue weighted by Crippen LogP contribution is -2.36. The van der Waals surface area contributed by atoms with Crippen molar-refractivity contribution < 1.29 is 19.2 Å². The molecule has 0 aliphatic carbocycles. The fraction of sp³-hybridized carbons (Fsp3) is 0.250. The molecule has 0 spiro atoms. The molecule has 0 bridgehead atoms. The number of hydrogen-bond acceptors (Lipinski definition) is 6. The molecule has 2 aromatic heterocycles. The summed E-state index contributed by atoms with van der Waals surface area (Å²) in [6.07, 6.45) is 0.963. The molecule has 2 aromatic rings. The van der Waals surface area contributed by atoms with Gasteiger partial charge in [-0.25, -0.2) is 0 Å². The second-order valence-electron chi connectivity index (χ2n) is 3.96. The highest BCUT2D eigenvalue weighted by atomic mass is 32.1. The molecular weight excluding hydrogens is 282 g/mol. The predicted octanol–water partition coefficient (Wildman–Crippen LogP) is 0.915. The first kappa shape index (κ1) is 14.2. The minimum absolute atomic E-state index is 0.170. The Bertz CT molecular complexity index is 553. The summed E-state index contributed by atoms with van der Waals surface area (Å²) in [5, 5.41) is 21.6. The van der Waals surface area contributed by atoms with Crippen LogP contribution in [0.5, 0.6) is 0 Å². The van der Waals surface area contributed by atoms with Gasteiger partial charge in [-0.05, 0) is 28.8 Å². The highest BCUT2D eigenvalue weighted by Gasteiger charge is 2.15. The van der Waals surface area contributed by atoms with Gasteiger partial charge >= 0.3 is 11.8 Å². The fourth-order valence-corrected chi connectivity index (χ4v) is 2.19. The second-order valence-corrected chi connectivity index (χ2v) is 4.74. The number of aromatic nitrogens is 1. The van der Waals surface area contributed by atoms with Crippen LogP contribution in [0.15, 0.2) is 33.7 Å². The summed E-state index contributed by atoms with van der Waals surface area (Å²) in [5.74, 6) is -1.45. The van der Waals surface area contributed by atoms with Crippen LogP contribution in [0.3, 0.4) is 0 Å². The minimum atomic E-state index is -0.830. The average molecular weight is 295 g/mol. The number of nitrogens with zero attached hydrogens (tertiary/aromatic N) is 1. The Hall–Kier alpha value is -2.19. The molecule has 0 aliphatic heterocycles. The van der Waals surface area contributed by atoms with Gasteiger partial charge in [0, 0.05) is 12.6 Å². The topological polar surface area (TPSA) is 104 Å². The summed E-state index contributed by atoms with van der Waals surface area (Å²) >= 11 is 1.49. The molecule has 0 unspecified atom stereocenters. The van der Waals surface area contributed by atoms with Crippen molar-refractivity contribution in [1.82, 2.24) is 10.5 Å². The molecule has 2 amide bonds. The van der Waals surface area contributed by atoms with Gasteiger partial charge in [0.2, 0.25) is 0 Å². The Morgan fingerprint density at radius 2 is 2.25 bits per heavy atom. The number of thiophene rings is 1. The summed E-state index contributed by atoms with van der Waals surface area (Å²) in [5.41, 5.74) is 0.802. The van der Waals surface area contributed by atoms with E-state index in [-0.39, 0.29) is 12.4 Å². The molecule has 0 radical (unpaired) electrons. The van der Waals surface area contributed by atoms with E-state index in [0.717, 1.165) is 5.56 Å². The third kappa shape index (κ3) is 3.90. The molecule has 8 heteroatoms. The highest BCUT2D eigenvalue weighted by Crippen LogP contribution is 2.18. The van der Waals surface area contributed by atoms with E-state index in [1.165, 1.54) is 23.7 Å². The van der Waals surface area contributed by atoms with Gasteiger partial charge in [0.05, 0.1) is 6.10 Å². The van der Waals surface area contributed by atoms with E-state index in [9.17, 15) is 14.7 Å². The third-order valence-electron chi connectivity index (χ3n) is 2.52. The van der Waals surface area contributed by atoms with Gasteiger partial charge in [0.25, 0.3) is 0 Å². The molecule has 3 N–H and O–H groups in total. The summed E-state index contributed by atoms with van der Waals surface area (Å²) in [4.78, 5) is 22.9. The minimum Gasteiger partial charge on any atom is -0.388 e. The standard InChI is InChI=1S/C12H13N3O4S/c16-9(8-3-6-20-7-8)1-4-13-11(17)12(18)14-10-2-5-19-15-10/h2-3,5-7,9,16H,1,4H2,(H,13,17)(H,14,15,18)/t9-/m0/s1. The van der Waals surface area contributed by atoms with Crippen LogP contribution >= 0.6 is 11.3 Å². The Morgan fingerprint density at radius 1 is 1.40 bits per heavy atom. The molecule has 106 valence electrons. The van der Waals surface area contributed by atoms with Crippen LogP contribution in [0.2, 0.25) is 0 Å². The number of anilines is 1. The molecule has 7 nitrogen and oxygen atoms in total. The molecule has 0 saturated carbocycles. The van der Waals surface area contributed by atoms with Crippen LogP contribution in [-0.2, 0) is 9.59 Å². The number of rotatable bonds is 5. The molecule has 0 aromatic carbocycles. The smallest absolute Gasteiger partial charge is 0.314 e. The maximum Gasteiger partial charge on any atom is 0.314 e. The quantitative estimate of drug-likeness (QED) is 0.711. The van der Waals surface area contributed by atoms with Crippen LogP contribution in [0, 0.1) is 0 Å². The lowest BCUT2D eigenvalue weighted by molar-refractivity contribution is -0.136. The van der Waals surface area contributed by atoms with Crippen LogP contribution in [0.25, 0.3) is 0 Å². The van der Waals surface area contributed by atoms with Crippen molar-refractivity contribution in [3.05, 3.63) is 34.7 Å². The Kier molecular flexibility index (Phi) is 4.85. The molecule has 0 saturated heterocycles. The normalized spacial score (nSPS) is 11.8. The first-order valence-corrected chi connectivity index (χ1v) is 6.81. The van der Waals surface area contributed by atoms with Gasteiger partial charge in [-0.1, -0.05) is 5.16 Å². The molecule has 0 aliphatic rings. The Morgan fingerprint density at radius 3 is 2.90 bits per heavy atom. The van der Waals surface area contributed by atoms with E-state index in [1.807, 2.05) is 16.8 Å². The summed E-state index contributed by atoms with van der Waals surface area (Å²) in [6.45, 7) is 0.197.